The van der Waals surface area contributed by atoms with Gasteiger partial charge in [-0.15, -0.1) is 0 Å². The average Bonchev–Trinajstić information content (AvgIpc) is 2.33. The molecule has 0 spiro atoms. The first-order valence-corrected chi connectivity index (χ1v) is 6.74. The summed E-state index contributed by atoms with van der Waals surface area (Å²) in [7, 11) is 0. The fourth-order valence-electron chi connectivity index (χ4n) is 2.12. The smallest absolute Gasteiger partial charge is 0.317 e. The molecule has 0 aromatic heterocycles. The van der Waals surface area contributed by atoms with Gasteiger partial charge in [0, 0.05) is 5.69 Å². The highest BCUT2D eigenvalue weighted by molar-refractivity contribution is 5.94. The number of amides is 1. The summed E-state index contributed by atoms with van der Waals surface area (Å²) in [5.74, 6) is -1.10. The van der Waals surface area contributed by atoms with Crippen molar-refractivity contribution in [1.29, 1.82) is 0 Å². The molecule has 0 aliphatic carbocycles. The summed E-state index contributed by atoms with van der Waals surface area (Å²) in [5.41, 5.74) is 2.81. The number of hydrogen-bond acceptors (Lipinski definition) is 3. The Balaban J connectivity index is 2.68. The molecule has 1 rings (SSSR count). The van der Waals surface area contributed by atoms with Crippen molar-refractivity contribution < 1.29 is 14.7 Å². The maximum Gasteiger partial charge on any atom is 0.317 e. The van der Waals surface area contributed by atoms with Crippen LogP contribution in [0.3, 0.4) is 0 Å². The number of carboxylic acids is 1. The maximum atomic E-state index is 12.0. The Morgan fingerprint density at radius 2 is 1.80 bits per heavy atom. The van der Waals surface area contributed by atoms with Gasteiger partial charge < -0.3 is 10.4 Å². The van der Waals surface area contributed by atoms with E-state index in [-0.39, 0.29) is 19.0 Å². The molecule has 20 heavy (non-hydrogen) atoms. The number of carbonyl (C=O) groups excluding carboxylic acids is 1. The number of nitrogens with one attached hydrogen (secondary N) is 1. The summed E-state index contributed by atoms with van der Waals surface area (Å²) in [5, 5.41) is 11.7. The molecule has 0 aliphatic heterocycles. The van der Waals surface area contributed by atoms with E-state index in [1.54, 1.807) is 4.90 Å². The Labute approximate surface area is 119 Å². The third-order valence-electron chi connectivity index (χ3n) is 3.01. The Bertz CT molecular complexity index is 466. The standard InChI is InChI=1S/C15H22N2O3/c1-4-8-17(10-14(19)20)9-13(18)16-15-11(2)6-5-7-12(15)3/h5-7H,4,8-10H2,1-3H3,(H,16,18)(H,19,20). The number of carbonyl (C=O) groups is 2. The van der Waals surface area contributed by atoms with Gasteiger partial charge in [-0.05, 0) is 37.9 Å². The first-order valence-electron chi connectivity index (χ1n) is 6.74. The highest BCUT2D eigenvalue weighted by Crippen LogP contribution is 2.19. The molecule has 1 aromatic carbocycles. The molecule has 110 valence electrons. The molecule has 0 saturated heterocycles. The van der Waals surface area contributed by atoms with E-state index < -0.39 is 5.97 Å². The second-order valence-corrected chi connectivity index (χ2v) is 4.92. The van der Waals surface area contributed by atoms with Crippen molar-refractivity contribution in [3.63, 3.8) is 0 Å². The van der Waals surface area contributed by atoms with Gasteiger partial charge in [0.15, 0.2) is 0 Å². The normalized spacial score (nSPS) is 10.6. The number of hydrogen-bond donors (Lipinski definition) is 2. The zero-order valence-corrected chi connectivity index (χ0v) is 12.3. The minimum atomic E-state index is -0.918. The zero-order valence-electron chi connectivity index (χ0n) is 12.3. The zero-order chi connectivity index (χ0) is 15.1. The van der Waals surface area contributed by atoms with E-state index in [0.29, 0.717) is 6.54 Å². The number of nitrogens with zero attached hydrogens (tertiary/aromatic N) is 1. The molecule has 0 bridgehead atoms. The second kappa shape index (κ2) is 7.65. The van der Waals surface area contributed by atoms with Gasteiger partial charge in [0.1, 0.15) is 0 Å². The number of para-hydroxylation sites is 1. The van der Waals surface area contributed by atoms with Crippen LogP contribution in [0.1, 0.15) is 24.5 Å². The molecule has 0 heterocycles. The minimum Gasteiger partial charge on any atom is -0.480 e. The highest BCUT2D eigenvalue weighted by Gasteiger charge is 2.14. The van der Waals surface area contributed by atoms with Gasteiger partial charge >= 0.3 is 5.97 Å². The van der Waals surface area contributed by atoms with Gasteiger partial charge in [0.05, 0.1) is 13.1 Å². The van der Waals surface area contributed by atoms with Gasteiger partial charge in [-0.3, -0.25) is 14.5 Å². The first-order chi connectivity index (χ1) is 9.43. The van der Waals surface area contributed by atoms with Crippen LogP contribution >= 0.6 is 0 Å². The van der Waals surface area contributed by atoms with Crippen LogP contribution < -0.4 is 5.32 Å². The molecule has 0 radical (unpaired) electrons. The van der Waals surface area contributed by atoms with Crippen molar-refractivity contribution in [3.05, 3.63) is 29.3 Å². The molecule has 2 N–H and O–H groups in total. The average molecular weight is 278 g/mol. The Morgan fingerprint density at radius 1 is 1.20 bits per heavy atom. The maximum absolute atomic E-state index is 12.0. The van der Waals surface area contributed by atoms with Crippen molar-refractivity contribution in [2.75, 3.05) is 25.0 Å². The van der Waals surface area contributed by atoms with Crippen LogP contribution in [0, 0.1) is 13.8 Å². The SMILES string of the molecule is CCCN(CC(=O)O)CC(=O)Nc1c(C)cccc1C. The number of benzene rings is 1. The molecule has 0 aliphatic rings. The summed E-state index contributed by atoms with van der Waals surface area (Å²) in [6.07, 6.45) is 0.809. The van der Waals surface area contributed by atoms with Crippen molar-refractivity contribution in [2.24, 2.45) is 0 Å². The predicted molar refractivity (Wildman–Crippen MR) is 78.9 cm³/mol. The number of rotatable bonds is 7. The molecule has 1 aromatic rings. The summed E-state index contributed by atoms with van der Waals surface area (Å²) in [4.78, 5) is 24.4. The van der Waals surface area contributed by atoms with E-state index >= 15 is 0 Å². The van der Waals surface area contributed by atoms with E-state index in [4.69, 9.17) is 5.11 Å². The summed E-state index contributed by atoms with van der Waals surface area (Å²) < 4.78 is 0. The number of aryl methyl sites for hydroxylation is 2. The summed E-state index contributed by atoms with van der Waals surface area (Å²) in [6, 6.07) is 5.81. The number of carboxylic acid groups (broad SMARTS) is 1. The lowest BCUT2D eigenvalue weighted by Gasteiger charge is -2.19. The van der Waals surface area contributed by atoms with Crippen LogP contribution in [0.5, 0.6) is 0 Å². The van der Waals surface area contributed by atoms with Crippen LogP contribution in [-0.2, 0) is 9.59 Å². The lowest BCUT2D eigenvalue weighted by atomic mass is 10.1. The molecule has 0 saturated carbocycles. The highest BCUT2D eigenvalue weighted by atomic mass is 16.4. The van der Waals surface area contributed by atoms with Crippen LogP contribution in [-0.4, -0.2) is 41.5 Å². The number of aliphatic carboxylic acids is 1. The Hall–Kier alpha value is -1.88. The predicted octanol–water partition coefficient (Wildman–Crippen LogP) is 2.04. The van der Waals surface area contributed by atoms with E-state index in [1.165, 1.54) is 0 Å². The van der Waals surface area contributed by atoms with Gasteiger partial charge in [-0.2, -0.15) is 0 Å². The van der Waals surface area contributed by atoms with Crippen molar-refractivity contribution in [1.82, 2.24) is 4.90 Å². The largest absolute Gasteiger partial charge is 0.480 e. The van der Waals surface area contributed by atoms with Crippen molar-refractivity contribution >= 4 is 17.6 Å². The van der Waals surface area contributed by atoms with Crippen LogP contribution in [0.15, 0.2) is 18.2 Å². The Morgan fingerprint density at radius 3 is 2.30 bits per heavy atom. The molecule has 0 fully saturated rings. The van der Waals surface area contributed by atoms with Crippen LogP contribution in [0.25, 0.3) is 0 Å². The van der Waals surface area contributed by atoms with Gasteiger partial charge in [0.25, 0.3) is 0 Å². The summed E-state index contributed by atoms with van der Waals surface area (Å²) in [6.45, 7) is 6.39. The first kappa shape index (κ1) is 16.2. The van der Waals surface area contributed by atoms with E-state index in [9.17, 15) is 9.59 Å². The van der Waals surface area contributed by atoms with E-state index in [2.05, 4.69) is 5.32 Å². The van der Waals surface area contributed by atoms with Gasteiger partial charge in [0.2, 0.25) is 5.91 Å². The van der Waals surface area contributed by atoms with Gasteiger partial charge in [-0.1, -0.05) is 25.1 Å². The third kappa shape index (κ3) is 5.01. The fourth-order valence-corrected chi connectivity index (χ4v) is 2.12. The molecule has 0 atom stereocenters. The third-order valence-corrected chi connectivity index (χ3v) is 3.01. The molecule has 5 nitrogen and oxygen atoms in total. The van der Waals surface area contributed by atoms with Crippen molar-refractivity contribution in [2.45, 2.75) is 27.2 Å². The van der Waals surface area contributed by atoms with Crippen LogP contribution in [0.4, 0.5) is 5.69 Å². The quantitative estimate of drug-likeness (QED) is 0.800. The lowest BCUT2D eigenvalue weighted by molar-refractivity contribution is -0.138. The van der Waals surface area contributed by atoms with Gasteiger partial charge in [-0.25, -0.2) is 0 Å². The van der Waals surface area contributed by atoms with E-state index in [1.807, 2.05) is 39.0 Å². The molecule has 1 amide bonds. The topological polar surface area (TPSA) is 69.6 Å². The number of anilines is 1. The molecular formula is C15H22N2O3. The second-order valence-electron chi connectivity index (χ2n) is 4.92. The molecular weight excluding hydrogens is 256 g/mol. The van der Waals surface area contributed by atoms with E-state index in [0.717, 1.165) is 23.2 Å². The summed E-state index contributed by atoms with van der Waals surface area (Å²) >= 11 is 0. The molecule has 0 unspecified atom stereocenters. The van der Waals surface area contributed by atoms with Crippen molar-refractivity contribution in [3.8, 4) is 0 Å². The minimum absolute atomic E-state index is 0.0912. The van der Waals surface area contributed by atoms with Crippen LogP contribution in [0.2, 0.25) is 0 Å². The fraction of sp³-hybridized carbons (Fsp3) is 0.467. The lowest BCUT2D eigenvalue weighted by Crippen LogP contribution is -2.37. The Kier molecular flexibility index (Phi) is 6.18. The monoisotopic (exact) mass is 278 g/mol. The molecule has 5 heteroatoms.